The van der Waals surface area contributed by atoms with Crippen LogP contribution < -0.4 is 5.73 Å². The summed E-state index contributed by atoms with van der Waals surface area (Å²) in [5.41, 5.74) is 10.4. The van der Waals surface area contributed by atoms with Crippen molar-refractivity contribution in [2.24, 2.45) is 0 Å². The SMILES string of the molecule is N=C(c1ccc(-c2cccc3ccccc23)cc1)c1cocc1N. The number of rotatable bonds is 3. The topological polar surface area (TPSA) is 63.0 Å². The van der Waals surface area contributed by atoms with Crippen molar-refractivity contribution in [2.75, 3.05) is 5.73 Å². The van der Waals surface area contributed by atoms with E-state index in [1.165, 1.54) is 28.9 Å². The molecule has 3 aromatic carbocycles. The maximum Gasteiger partial charge on any atom is 0.114 e. The molecule has 3 heteroatoms. The van der Waals surface area contributed by atoms with Gasteiger partial charge in [0, 0.05) is 5.56 Å². The second-order valence-electron chi connectivity index (χ2n) is 5.72. The van der Waals surface area contributed by atoms with Crippen molar-refractivity contribution in [1.29, 1.82) is 5.41 Å². The zero-order valence-electron chi connectivity index (χ0n) is 13.0. The smallest absolute Gasteiger partial charge is 0.114 e. The van der Waals surface area contributed by atoms with Crippen molar-refractivity contribution in [3.05, 3.63) is 90.4 Å². The second-order valence-corrected chi connectivity index (χ2v) is 5.72. The van der Waals surface area contributed by atoms with Crippen LogP contribution in [0.1, 0.15) is 11.1 Å². The summed E-state index contributed by atoms with van der Waals surface area (Å²) in [5.74, 6) is 0. The van der Waals surface area contributed by atoms with Crippen molar-refractivity contribution in [1.82, 2.24) is 0 Å². The van der Waals surface area contributed by atoms with Gasteiger partial charge in [0.2, 0.25) is 0 Å². The van der Waals surface area contributed by atoms with Crippen LogP contribution in [0.3, 0.4) is 0 Å². The molecule has 0 spiro atoms. The van der Waals surface area contributed by atoms with Gasteiger partial charge in [-0.3, -0.25) is 5.41 Å². The lowest BCUT2D eigenvalue weighted by atomic mass is 9.96. The summed E-state index contributed by atoms with van der Waals surface area (Å²) in [6.45, 7) is 0. The number of furan rings is 1. The maximum absolute atomic E-state index is 8.29. The third kappa shape index (κ3) is 2.36. The first-order valence-electron chi connectivity index (χ1n) is 7.73. The maximum atomic E-state index is 8.29. The van der Waals surface area contributed by atoms with Crippen molar-refractivity contribution < 1.29 is 4.42 Å². The van der Waals surface area contributed by atoms with Crippen LogP contribution in [-0.4, -0.2) is 5.71 Å². The minimum atomic E-state index is 0.366. The van der Waals surface area contributed by atoms with Crippen LogP contribution in [0, 0.1) is 5.41 Å². The van der Waals surface area contributed by atoms with Gasteiger partial charge in [0.1, 0.15) is 12.5 Å². The number of benzene rings is 3. The molecule has 0 aliphatic heterocycles. The van der Waals surface area contributed by atoms with E-state index in [2.05, 4.69) is 36.4 Å². The predicted molar refractivity (Wildman–Crippen MR) is 98.4 cm³/mol. The third-order valence-corrected chi connectivity index (χ3v) is 4.24. The number of anilines is 1. The molecule has 1 aromatic heterocycles. The Balaban J connectivity index is 1.74. The Morgan fingerprint density at radius 3 is 2.33 bits per heavy atom. The largest absolute Gasteiger partial charge is 0.470 e. The molecule has 3 nitrogen and oxygen atoms in total. The summed E-state index contributed by atoms with van der Waals surface area (Å²) >= 11 is 0. The Labute approximate surface area is 139 Å². The van der Waals surface area contributed by atoms with Crippen LogP contribution in [0.15, 0.2) is 83.7 Å². The fourth-order valence-corrected chi connectivity index (χ4v) is 2.96. The number of hydrogen-bond acceptors (Lipinski definition) is 3. The first-order chi connectivity index (χ1) is 11.7. The van der Waals surface area contributed by atoms with Gasteiger partial charge in [0.05, 0.1) is 17.0 Å². The van der Waals surface area contributed by atoms with Crippen LogP contribution in [0.2, 0.25) is 0 Å². The van der Waals surface area contributed by atoms with E-state index in [-0.39, 0.29) is 0 Å². The summed E-state index contributed by atoms with van der Waals surface area (Å²) in [6.07, 6.45) is 2.96. The second kappa shape index (κ2) is 5.70. The van der Waals surface area contributed by atoms with Gasteiger partial charge in [0.25, 0.3) is 0 Å². The van der Waals surface area contributed by atoms with Crippen molar-refractivity contribution in [3.63, 3.8) is 0 Å². The lowest BCUT2D eigenvalue weighted by Gasteiger charge is -2.08. The minimum absolute atomic E-state index is 0.366. The Morgan fingerprint density at radius 1 is 0.833 bits per heavy atom. The van der Waals surface area contributed by atoms with E-state index in [9.17, 15) is 0 Å². The summed E-state index contributed by atoms with van der Waals surface area (Å²) < 4.78 is 5.06. The highest BCUT2D eigenvalue weighted by Crippen LogP contribution is 2.29. The summed E-state index contributed by atoms with van der Waals surface area (Å²) in [4.78, 5) is 0. The third-order valence-electron chi connectivity index (χ3n) is 4.24. The van der Waals surface area contributed by atoms with Gasteiger partial charge in [-0.2, -0.15) is 0 Å². The zero-order valence-corrected chi connectivity index (χ0v) is 13.0. The first kappa shape index (κ1) is 14.3. The molecule has 24 heavy (non-hydrogen) atoms. The molecule has 0 saturated carbocycles. The van der Waals surface area contributed by atoms with Gasteiger partial charge in [-0.15, -0.1) is 0 Å². The van der Waals surface area contributed by atoms with E-state index in [1.54, 1.807) is 0 Å². The van der Waals surface area contributed by atoms with Gasteiger partial charge >= 0.3 is 0 Å². The van der Waals surface area contributed by atoms with Crippen LogP contribution in [0.4, 0.5) is 5.69 Å². The average molecular weight is 312 g/mol. The van der Waals surface area contributed by atoms with Crippen LogP contribution in [0.5, 0.6) is 0 Å². The molecule has 1 heterocycles. The van der Waals surface area contributed by atoms with E-state index in [0.717, 1.165) is 11.1 Å². The molecule has 3 N–H and O–H groups in total. The first-order valence-corrected chi connectivity index (χ1v) is 7.73. The van der Waals surface area contributed by atoms with Crippen LogP contribution in [0.25, 0.3) is 21.9 Å². The molecule has 4 rings (SSSR count). The molecule has 0 aliphatic carbocycles. The molecule has 0 bridgehead atoms. The normalized spacial score (nSPS) is 10.8. The number of nitrogen functional groups attached to an aromatic ring is 1. The molecule has 0 aliphatic rings. The predicted octanol–water partition coefficient (Wildman–Crippen LogP) is 5.10. The quantitative estimate of drug-likeness (QED) is 0.517. The number of nitrogens with two attached hydrogens (primary N) is 1. The molecule has 0 unspecified atom stereocenters. The number of nitrogens with one attached hydrogen (secondary N) is 1. The highest BCUT2D eigenvalue weighted by molar-refractivity contribution is 6.13. The monoisotopic (exact) mass is 312 g/mol. The Bertz CT molecular complexity index is 1020. The average Bonchev–Trinajstić information content (AvgIpc) is 3.07. The summed E-state index contributed by atoms with van der Waals surface area (Å²) in [5, 5.41) is 10.7. The van der Waals surface area contributed by atoms with Crippen LogP contribution in [-0.2, 0) is 0 Å². The molecule has 4 aromatic rings. The lowest BCUT2D eigenvalue weighted by molar-refractivity contribution is 0.568. The number of hydrogen-bond donors (Lipinski definition) is 2. The fourth-order valence-electron chi connectivity index (χ4n) is 2.96. The molecule has 0 saturated heterocycles. The molecular weight excluding hydrogens is 296 g/mol. The Morgan fingerprint density at radius 2 is 1.58 bits per heavy atom. The minimum Gasteiger partial charge on any atom is -0.470 e. The molecular formula is C21H16N2O. The summed E-state index contributed by atoms with van der Waals surface area (Å²) in [7, 11) is 0. The standard InChI is InChI=1S/C21H16N2O/c22-20-13-24-12-19(20)21(23)16-10-8-15(9-11-16)18-7-3-5-14-4-1-2-6-17(14)18/h1-13,23H,22H2. The highest BCUT2D eigenvalue weighted by atomic mass is 16.3. The van der Waals surface area contributed by atoms with Crippen LogP contribution >= 0.6 is 0 Å². The number of fused-ring (bicyclic) bond motifs is 1. The van der Waals surface area contributed by atoms with E-state index in [1.807, 2.05) is 30.3 Å². The van der Waals surface area contributed by atoms with Crippen molar-refractivity contribution >= 4 is 22.2 Å². The van der Waals surface area contributed by atoms with Gasteiger partial charge < -0.3 is 10.2 Å². The van der Waals surface area contributed by atoms with Gasteiger partial charge in [-0.1, -0.05) is 66.7 Å². The Hall–Kier alpha value is -3.33. The van der Waals surface area contributed by atoms with E-state index >= 15 is 0 Å². The molecule has 0 fully saturated rings. The molecule has 0 atom stereocenters. The van der Waals surface area contributed by atoms with Gasteiger partial charge in [-0.25, -0.2) is 0 Å². The van der Waals surface area contributed by atoms with Crippen molar-refractivity contribution in [3.8, 4) is 11.1 Å². The van der Waals surface area contributed by atoms with Crippen molar-refractivity contribution in [2.45, 2.75) is 0 Å². The fraction of sp³-hybridized carbons (Fsp3) is 0. The molecule has 0 radical (unpaired) electrons. The zero-order chi connectivity index (χ0) is 16.5. The Kier molecular flexibility index (Phi) is 3.39. The highest BCUT2D eigenvalue weighted by Gasteiger charge is 2.11. The lowest BCUT2D eigenvalue weighted by Crippen LogP contribution is -2.02. The molecule has 0 amide bonds. The van der Waals surface area contributed by atoms with E-state index in [4.69, 9.17) is 15.6 Å². The van der Waals surface area contributed by atoms with Gasteiger partial charge in [-0.05, 0) is 21.9 Å². The van der Waals surface area contributed by atoms with E-state index < -0.39 is 0 Å². The van der Waals surface area contributed by atoms with E-state index in [0.29, 0.717) is 17.0 Å². The molecule has 116 valence electrons. The van der Waals surface area contributed by atoms with Gasteiger partial charge in [0.15, 0.2) is 0 Å². The summed E-state index contributed by atoms with van der Waals surface area (Å²) in [6, 6.07) is 22.6.